The maximum Gasteiger partial charge on any atom is 0.236 e. The first-order valence-electron chi connectivity index (χ1n) is 9.38. The van der Waals surface area contributed by atoms with Gasteiger partial charge in [0.15, 0.2) is 0 Å². The summed E-state index contributed by atoms with van der Waals surface area (Å²) in [5, 5.41) is 1.27. The molecule has 1 amide bonds. The first kappa shape index (κ1) is 19.1. The predicted octanol–water partition coefficient (Wildman–Crippen LogP) is 2.96. The fourth-order valence-electron chi connectivity index (χ4n) is 3.56. The van der Waals surface area contributed by atoms with Gasteiger partial charge in [-0.25, -0.2) is 8.42 Å². The highest BCUT2D eigenvalue weighted by Gasteiger charge is 2.36. The lowest BCUT2D eigenvalue weighted by molar-refractivity contribution is -0.137. The zero-order valence-corrected chi connectivity index (χ0v) is 16.4. The maximum atomic E-state index is 12.7. The van der Waals surface area contributed by atoms with Crippen LogP contribution in [-0.4, -0.2) is 49.7 Å². The van der Waals surface area contributed by atoms with Crippen LogP contribution in [0.4, 0.5) is 0 Å². The van der Waals surface area contributed by atoms with Gasteiger partial charge in [-0.1, -0.05) is 30.3 Å². The van der Waals surface area contributed by atoms with Gasteiger partial charge in [-0.15, -0.1) is 0 Å². The summed E-state index contributed by atoms with van der Waals surface area (Å²) in [6, 6.07) is 9.68. The van der Waals surface area contributed by atoms with Crippen molar-refractivity contribution in [2.24, 2.45) is 11.8 Å². The molecule has 2 fully saturated rings. The molecule has 26 heavy (non-hydrogen) atoms. The molecule has 0 spiro atoms. The molecule has 1 saturated carbocycles. The Morgan fingerprint density at radius 2 is 1.77 bits per heavy atom. The molecule has 5 nitrogen and oxygen atoms in total. The second kappa shape index (κ2) is 7.92. The third-order valence-corrected chi connectivity index (χ3v) is 7.22. The van der Waals surface area contributed by atoms with Crippen molar-refractivity contribution in [3.05, 3.63) is 41.3 Å². The average Bonchev–Trinajstić information content (AvgIpc) is 3.51. The Morgan fingerprint density at radius 1 is 1.15 bits per heavy atom. The molecule has 6 heteroatoms. The number of carbonyl (C=O) groups is 1. The van der Waals surface area contributed by atoms with Gasteiger partial charge < -0.3 is 4.90 Å². The molecule has 1 aromatic rings. The number of nitrogens with zero attached hydrogens (tertiary/aromatic N) is 2. The molecular formula is C20H28N2O3S. The molecule has 1 unspecified atom stereocenters. The van der Waals surface area contributed by atoms with Crippen molar-refractivity contribution >= 4 is 22.0 Å². The Hall–Kier alpha value is -1.66. The molecule has 0 aromatic heterocycles. The van der Waals surface area contributed by atoms with E-state index in [0.29, 0.717) is 31.8 Å². The summed E-state index contributed by atoms with van der Waals surface area (Å²) >= 11 is 0. The number of sulfonamides is 1. The SMILES string of the molecule is CC(C1CC1)N(C)C(=O)C1CCN(S(=O)(=O)/C=C/c2ccccc2)CC1. The van der Waals surface area contributed by atoms with E-state index in [0.717, 1.165) is 5.56 Å². The first-order chi connectivity index (χ1) is 12.4. The minimum Gasteiger partial charge on any atom is -0.343 e. The van der Waals surface area contributed by atoms with Gasteiger partial charge >= 0.3 is 0 Å². The van der Waals surface area contributed by atoms with Crippen molar-refractivity contribution in [3.63, 3.8) is 0 Å². The summed E-state index contributed by atoms with van der Waals surface area (Å²) in [6.07, 6.45) is 5.24. The third kappa shape index (κ3) is 4.54. The molecule has 1 atom stereocenters. The van der Waals surface area contributed by atoms with E-state index in [1.54, 1.807) is 6.08 Å². The van der Waals surface area contributed by atoms with Gasteiger partial charge in [0.05, 0.1) is 0 Å². The Balaban J connectivity index is 1.55. The zero-order chi connectivity index (χ0) is 18.7. The Labute approximate surface area is 156 Å². The smallest absolute Gasteiger partial charge is 0.236 e. The monoisotopic (exact) mass is 376 g/mol. The molecule has 0 bridgehead atoms. The van der Waals surface area contributed by atoms with E-state index in [9.17, 15) is 13.2 Å². The molecule has 0 N–H and O–H groups in total. The lowest BCUT2D eigenvalue weighted by atomic mass is 9.96. The second-order valence-electron chi connectivity index (χ2n) is 7.46. The van der Waals surface area contributed by atoms with Gasteiger partial charge in [-0.3, -0.25) is 4.79 Å². The quantitative estimate of drug-likeness (QED) is 0.767. The van der Waals surface area contributed by atoms with Crippen molar-refractivity contribution in [1.82, 2.24) is 9.21 Å². The lowest BCUT2D eigenvalue weighted by Gasteiger charge is -2.34. The van der Waals surface area contributed by atoms with Crippen molar-refractivity contribution in [1.29, 1.82) is 0 Å². The van der Waals surface area contributed by atoms with Gasteiger partial charge in [0, 0.05) is 37.5 Å². The van der Waals surface area contributed by atoms with E-state index >= 15 is 0 Å². The molecule has 3 rings (SSSR count). The zero-order valence-electron chi connectivity index (χ0n) is 15.5. The van der Waals surface area contributed by atoms with Crippen LogP contribution in [0.25, 0.3) is 6.08 Å². The molecule has 142 valence electrons. The fraction of sp³-hybridized carbons (Fsp3) is 0.550. The van der Waals surface area contributed by atoms with Crippen LogP contribution in [0.5, 0.6) is 0 Å². The first-order valence-corrected chi connectivity index (χ1v) is 10.9. The number of benzene rings is 1. The largest absolute Gasteiger partial charge is 0.343 e. The van der Waals surface area contributed by atoms with Crippen LogP contribution in [0.2, 0.25) is 0 Å². The molecule has 0 radical (unpaired) electrons. The van der Waals surface area contributed by atoms with Gasteiger partial charge in [0.2, 0.25) is 15.9 Å². The lowest BCUT2D eigenvalue weighted by Crippen LogP contribution is -2.45. The van der Waals surface area contributed by atoms with Crippen LogP contribution in [0.15, 0.2) is 35.7 Å². The van der Waals surface area contributed by atoms with Crippen molar-refractivity contribution in [2.45, 2.75) is 38.6 Å². The Kier molecular flexibility index (Phi) is 5.82. The number of hydrogen-bond donors (Lipinski definition) is 0. The van der Waals surface area contributed by atoms with E-state index in [-0.39, 0.29) is 17.9 Å². The minimum atomic E-state index is -3.44. The average molecular weight is 377 g/mol. The molecule has 1 aliphatic heterocycles. The molecule has 1 heterocycles. The van der Waals surface area contributed by atoms with Crippen LogP contribution < -0.4 is 0 Å². The Bertz CT molecular complexity index is 749. The molecule has 2 aliphatic rings. The third-order valence-electron chi connectivity index (χ3n) is 5.66. The number of rotatable bonds is 6. The van der Waals surface area contributed by atoms with E-state index in [2.05, 4.69) is 6.92 Å². The summed E-state index contributed by atoms with van der Waals surface area (Å²) in [5.41, 5.74) is 0.858. The maximum absolute atomic E-state index is 12.7. The molecular weight excluding hydrogens is 348 g/mol. The predicted molar refractivity (Wildman–Crippen MR) is 104 cm³/mol. The van der Waals surface area contributed by atoms with E-state index in [1.165, 1.54) is 22.6 Å². The molecule has 1 aliphatic carbocycles. The van der Waals surface area contributed by atoms with E-state index in [1.807, 2.05) is 42.3 Å². The van der Waals surface area contributed by atoms with E-state index < -0.39 is 10.0 Å². The van der Waals surface area contributed by atoms with Gasteiger partial charge in [-0.05, 0) is 50.2 Å². The van der Waals surface area contributed by atoms with Crippen LogP contribution >= 0.6 is 0 Å². The van der Waals surface area contributed by atoms with Gasteiger partial charge in [0.25, 0.3) is 0 Å². The van der Waals surface area contributed by atoms with Crippen molar-refractivity contribution in [3.8, 4) is 0 Å². The van der Waals surface area contributed by atoms with Crippen LogP contribution in [0.1, 0.15) is 38.2 Å². The normalized spacial score (nSPS) is 21.0. The highest BCUT2D eigenvalue weighted by molar-refractivity contribution is 7.92. The topological polar surface area (TPSA) is 57.7 Å². The van der Waals surface area contributed by atoms with Crippen molar-refractivity contribution in [2.75, 3.05) is 20.1 Å². The summed E-state index contributed by atoms with van der Waals surface area (Å²) in [7, 11) is -1.56. The van der Waals surface area contributed by atoms with Crippen LogP contribution in [0, 0.1) is 11.8 Å². The van der Waals surface area contributed by atoms with Crippen LogP contribution in [0.3, 0.4) is 0 Å². The summed E-state index contributed by atoms with van der Waals surface area (Å²) in [4.78, 5) is 14.6. The summed E-state index contributed by atoms with van der Waals surface area (Å²) < 4.78 is 26.5. The standard InChI is InChI=1S/C20H28N2O3S/c1-16(18-8-9-18)21(2)20(23)19-10-13-22(14-11-19)26(24,25)15-12-17-6-4-3-5-7-17/h3-7,12,15-16,18-19H,8-11,13-14H2,1-2H3/b15-12+. The van der Waals surface area contributed by atoms with Gasteiger partial charge in [-0.2, -0.15) is 4.31 Å². The number of carbonyl (C=O) groups excluding carboxylic acids is 1. The minimum absolute atomic E-state index is 0.0641. The van der Waals surface area contributed by atoms with Gasteiger partial charge in [0.1, 0.15) is 0 Å². The molecule has 1 saturated heterocycles. The fourth-order valence-corrected chi connectivity index (χ4v) is 4.78. The van der Waals surface area contributed by atoms with Crippen molar-refractivity contribution < 1.29 is 13.2 Å². The number of amides is 1. The summed E-state index contributed by atoms with van der Waals surface area (Å²) in [6.45, 7) is 2.93. The number of hydrogen-bond acceptors (Lipinski definition) is 3. The summed E-state index contributed by atoms with van der Waals surface area (Å²) in [5.74, 6) is 0.750. The number of piperidine rings is 1. The Morgan fingerprint density at radius 3 is 2.35 bits per heavy atom. The highest BCUT2D eigenvalue weighted by Crippen LogP contribution is 2.35. The second-order valence-corrected chi connectivity index (χ2v) is 9.28. The highest BCUT2D eigenvalue weighted by atomic mass is 32.2. The molecule has 1 aromatic carbocycles. The van der Waals surface area contributed by atoms with E-state index in [4.69, 9.17) is 0 Å². The van der Waals surface area contributed by atoms with Crippen LogP contribution in [-0.2, 0) is 14.8 Å².